The lowest BCUT2D eigenvalue weighted by molar-refractivity contribution is -0.137. The van der Waals surface area contributed by atoms with Crippen molar-refractivity contribution in [3.05, 3.63) is 58.6 Å². The van der Waals surface area contributed by atoms with Gasteiger partial charge in [-0.3, -0.25) is 15.1 Å². The first-order valence-electron chi connectivity index (χ1n) is 10.3. The zero-order valence-electron chi connectivity index (χ0n) is 16.6. The minimum atomic E-state index is -0.119. The Morgan fingerprint density at radius 3 is 2.60 bits per heavy atom. The number of nitrogens with zero attached hydrogens (tertiary/aromatic N) is 2. The van der Waals surface area contributed by atoms with Gasteiger partial charge < -0.3 is 14.4 Å². The third-order valence-electron chi connectivity index (χ3n) is 6.06. The lowest BCUT2D eigenvalue weighted by Crippen LogP contribution is -2.50. The molecule has 3 aliphatic heterocycles. The van der Waals surface area contributed by atoms with Crippen molar-refractivity contribution >= 4 is 17.5 Å². The number of rotatable bonds is 4. The highest BCUT2D eigenvalue weighted by Gasteiger charge is 2.37. The Bertz CT molecular complexity index is 915. The van der Waals surface area contributed by atoms with Crippen molar-refractivity contribution in [2.75, 3.05) is 39.5 Å². The molecule has 2 fully saturated rings. The van der Waals surface area contributed by atoms with Gasteiger partial charge in [-0.25, -0.2) is 5.43 Å². The van der Waals surface area contributed by atoms with Gasteiger partial charge in [0.15, 0.2) is 11.5 Å². The molecule has 3 aliphatic rings. The average molecular weight is 429 g/mol. The Balaban J connectivity index is 1.18. The van der Waals surface area contributed by atoms with Crippen molar-refractivity contribution in [1.29, 1.82) is 0 Å². The number of piperazine rings is 1. The summed E-state index contributed by atoms with van der Waals surface area (Å²) < 4.78 is 10.9. The van der Waals surface area contributed by atoms with Crippen LogP contribution in [0, 0.1) is 5.92 Å². The second-order valence-electron chi connectivity index (χ2n) is 7.95. The largest absolute Gasteiger partial charge is 0.454 e. The van der Waals surface area contributed by atoms with Gasteiger partial charge in [0.25, 0.3) is 0 Å². The maximum atomic E-state index is 13.2. The number of nitrogens with one attached hydrogen (secondary N) is 2. The van der Waals surface area contributed by atoms with E-state index in [-0.39, 0.29) is 17.9 Å². The van der Waals surface area contributed by atoms with Crippen LogP contribution in [0.4, 0.5) is 0 Å². The van der Waals surface area contributed by atoms with Gasteiger partial charge in [-0.15, -0.1) is 0 Å². The van der Waals surface area contributed by atoms with Crippen LogP contribution in [-0.2, 0) is 11.3 Å². The number of benzene rings is 2. The Hall–Kier alpha value is -2.32. The van der Waals surface area contributed by atoms with Gasteiger partial charge in [-0.1, -0.05) is 29.8 Å². The summed E-state index contributed by atoms with van der Waals surface area (Å²) in [5, 5.41) is 0.700. The molecule has 0 aliphatic carbocycles. The summed E-state index contributed by atoms with van der Waals surface area (Å²) in [4.78, 5) is 17.6. The summed E-state index contributed by atoms with van der Waals surface area (Å²) in [6.07, 6.45) is 0. The molecule has 0 aromatic heterocycles. The van der Waals surface area contributed by atoms with Crippen molar-refractivity contribution in [2.45, 2.75) is 12.6 Å². The molecule has 1 amide bonds. The number of hydrogen-bond acceptors (Lipinski definition) is 6. The number of hydrogen-bond donors (Lipinski definition) is 2. The second-order valence-corrected chi connectivity index (χ2v) is 8.39. The molecule has 2 aromatic carbocycles. The number of halogens is 1. The molecule has 5 rings (SSSR count). The zero-order valence-corrected chi connectivity index (χ0v) is 17.4. The van der Waals surface area contributed by atoms with Crippen LogP contribution >= 0.6 is 11.6 Å². The number of fused-ring (bicyclic) bond motifs is 1. The summed E-state index contributed by atoms with van der Waals surface area (Å²) in [5.74, 6) is 1.71. The van der Waals surface area contributed by atoms with E-state index in [1.807, 2.05) is 41.3 Å². The summed E-state index contributed by atoms with van der Waals surface area (Å²) in [6.45, 7) is 4.98. The molecule has 2 N–H and O–H groups in total. The fourth-order valence-corrected chi connectivity index (χ4v) is 4.50. The fraction of sp³-hybridized carbons (Fsp3) is 0.409. The third-order valence-corrected chi connectivity index (χ3v) is 6.31. The highest BCUT2D eigenvalue weighted by atomic mass is 35.5. The van der Waals surface area contributed by atoms with E-state index < -0.39 is 0 Å². The van der Waals surface area contributed by atoms with E-state index in [4.69, 9.17) is 21.1 Å². The quantitative estimate of drug-likeness (QED) is 0.778. The molecular weight excluding hydrogens is 404 g/mol. The molecule has 158 valence electrons. The Morgan fingerprint density at radius 2 is 1.80 bits per heavy atom. The summed E-state index contributed by atoms with van der Waals surface area (Å²) in [6, 6.07) is 13.8. The van der Waals surface area contributed by atoms with Gasteiger partial charge in [0.1, 0.15) is 0 Å². The first-order chi connectivity index (χ1) is 14.7. The SMILES string of the molecule is O=C(C1CNNC1c1ccc(Cl)cc1)N1CCN(Cc2ccc3c(c2)OCO3)CC1. The van der Waals surface area contributed by atoms with Gasteiger partial charge in [0, 0.05) is 44.3 Å². The molecule has 0 bridgehead atoms. The first-order valence-corrected chi connectivity index (χ1v) is 10.7. The van der Waals surface area contributed by atoms with Crippen LogP contribution in [0.5, 0.6) is 11.5 Å². The van der Waals surface area contributed by atoms with Gasteiger partial charge in [-0.2, -0.15) is 0 Å². The minimum Gasteiger partial charge on any atom is -0.454 e. The van der Waals surface area contributed by atoms with Gasteiger partial charge in [-0.05, 0) is 35.4 Å². The molecule has 2 saturated heterocycles. The predicted octanol–water partition coefficient (Wildman–Crippen LogP) is 2.18. The predicted molar refractivity (Wildman–Crippen MR) is 113 cm³/mol. The van der Waals surface area contributed by atoms with Crippen molar-refractivity contribution in [1.82, 2.24) is 20.7 Å². The summed E-state index contributed by atoms with van der Waals surface area (Å²) in [5.41, 5.74) is 8.68. The Labute approximate surface area is 180 Å². The van der Waals surface area contributed by atoms with E-state index in [9.17, 15) is 4.79 Å². The molecule has 0 spiro atoms. The number of hydrazine groups is 1. The molecule has 0 radical (unpaired) electrons. The fourth-order valence-electron chi connectivity index (χ4n) is 4.37. The van der Waals surface area contributed by atoms with E-state index in [1.54, 1.807) is 0 Å². The number of carbonyl (C=O) groups excluding carboxylic acids is 1. The van der Waals surface area contributed by atoms with Gasteiger partial charge in [0.2, 0.25) is 12.7 Å². The van der Waals surface area contributed by atoms with E-state index >= 15 is 0 Å². The molecule has 2 unspecified atom stereocenters. The molecule has 0 saturated carbocycles. The van der Waals surface area contributed by atoms with Gasteiger partial charge in [0.05, 0.1) is 12.0 Å². The van der Waals surface area contributed by atoms with Crippen LogP contribution in [-0.4, -0.2) is 55.2 Å². The van der Waals surface area contributed by atoms with Gasteiger partial charge >= 0.3 is 0 Å². The second kappa shape index (κ2) is 8.43. The number of carbonyl (C=O) groups is 1. The van der Waals surface area contributed by atoms with Crippen LogP contribution < -0.4 is 20.3 Å². The van der Waals surface area contributed by atoms with Crippen LogP contribution in [0.1, 0.15) is 17.2 Å². The lowest BCUT2D eigenvalue weighted by Gasteiger charge is -2.36. The van der Waals surface area contributed by atoms with Crippen molar-refractivity contribution in [3.8, 4) is 11.5 Å². The average Bonchev–Trinajstić information content (AvgIpc) is 3.44. The maximum absolute atomic E-state index is 13.2. The van der Waals surface area contributed by atoms with E-state index in [1.165, 1.54) is 5.56 Å². The normalized spacial score (nSPS) is 23.7. The molecule has 30 heavy (non-hydrogen) atoms. The summed E-state index contributed by atoms with van der Waals surface area (Å²) in [7, 11) is 0. The summed E-state index contributed by atoms with van der Waals surface area (Å²) >= 11 is 6.01. The zero-order chi connectivity index (χ0) is 20.5. The smallest absolute Gasteiger partial charge is 0.231 e. The van der Waals surface area contributed by atoms with Crippen LogP contribution in [0.15, 0.2) is 42.5 Å². The molecule has 3 heterocycles. The van der Waals surface area contributed by atoms with E-state index in [0.29, 0.717) is 18.4 Å². The minimum absolute atomic E-state index is 0.0403. The lowest BCUT2D eigenvalue weighted by atomic mass is 9.93. The molecule has 8 heteroatoms. The maximum Gasteiger partial charge on any atom is 0.231 e. The molecule has 2 aromatic rings. The molecule has 2 atom stereocenters. The van der Waals surface area contributed by atoms with E-state index in [0.717, 1.165) is 49.8 Å². The highest BCUT2D eigenvalue weighted by Crippen LogP contribution is 2.33. The number of amides is 1. The topological polar surface area (TPSA) is 66.1 Å². The van der Waals surface area contributed by atoms with Crippen molar-refractivity contribution in [2.24, 2.45) is 5.92 Å². The van der Waals surface area contributed by atoms with Crippen molar-refractivity contribution < 1.29 is 14.3 Å². The van der Waals surface area contributed by atoms with E-state index in [2.05, 4.69) is 21.8 Å². The standard InChI is InChI=1S/C22H25ClN4O3/c23-17-4-2-16(3-5-17)21-18(12-24-25-21)22(28)27-9-7-26(8-10-27)13-15-1-6-19-20(11-15)30-14-29-19/h1-6,11,18,21,24-25H,7-10,12-14H2. The first kappa shape index (κ1) is 19.6. The third kappa shape index (κ3) is 3.98. The highest BCUT2D eigenvalue weighted by molar-refractivity contribution is 6.30. The van der Waals surface area contributed by atoms with Crippen LogP contribution in [0.2, 0.25) is 5.02 Å². The van der Waals surface area contributed by atoms with Crippen LogP contribution in [0.25, 0.3) is 0 Å². The molecule has 7 nitrogen and oxygen atoms in total. The van der Waals surface area contributed by atoms with Crippen molar-refractivity contribution in [3.63, 3.8) is 0 Å². The Kier molecular flexibility index (Phi) is 5.52. The number of ether oxygens (including phenoxy) is 2. The molecular formula is C22H25ClN4O3. The monoisotopic (exact) mass is 428 g/mol. The Morgan fingerprint density at radius 1 is 1.03 bits per heavy atom. The van der Waals surface area contributed by atoms with Crippen LogP contribution in [0.3, 0.4) is 0 Å².